The third-order valence-electron chi connectivity index (χ3n) is 7.18. The molecular formula is C25H32N6O3. The van der Waals surface area contributed by atoms with Crippen LogP contribution in [0, 0.1) is 6.92 Å². The number of rotatable bonds is 5. The zero-order chi connectivity index (χ0) is 23.9. The Labute approximate surface area is 199 Å². The molecule has 0 saturated carbocycles. The molecule has 3 aromatic heterocycles. The molecule has 5 rings (SSSR count). The van der Waals surface area contributed by atoms with Crippen LogP contribution in [0.15, 0.2) is 30.6 Å². The number of primary amides is 1. The predicted molar refractivity (Wildman–Crippen MR) is 130 cm³/mol. The SMILES string of the molecule is CO[C@@]1(c2cc(C)cc(-n3cc(C4CCN(C)CC4)c4cnc(NC(N)=O)cc43)n2)CCOC1. The van der Waals surface area contributed by atoms with E-state index < -0.39 is 11.6 Å². The lowest BCUT2D eigenvalue weighted by Gasteiger charge is -2.28. The summed E-state index contributed by atoms with van der Waals surface area (Å²) in [6.45, 7) is 5.34. The highest BCUT2D eigenvalue weighted by Gasteiger charge is 2.38. The number of nitrogens with one attached hydrogen (secondary N) is 1. The van der Waals surface area contributed by atoms with Crippen molar-refractivity contribution in [1.29, 1.82) is 0 Å². The molecule has 34 heavy (non-hydrogen) atoms. The number of pyridine rings is 2. The van der Waals surface area contributed by atoms with E-state index in [-0.39, 0.29) is 0 Å². The molecule has 3 N–H and O–H groups in total. The van der Waals surface area contributed by atoms with Crippen molar-refractivity contribution in [3.05, 3.63) is 47.4 Å². The number of urea groups is 1. The summed E-state index contributed by atoms with van der Waals surface area (Å²) in [5, 5.41) is 3.67. The van der Waals surface area contributed by atoms with Gasteiger partial charge < -0.3 is 24.7 Å². The van der Waals surface area contributed by atoms with Gasteiger partial charge in [0.2, 0.25) is 0 Å². The lowest BCUT2D eigenvalue weighted by molar-refractivity contribution is -0.0246. The maximum absolute atomic E-state index is 11.5. The number of nitrogens with two attached hydrogens (primary N) is 1. The number of nitrogens with zero attached hydrogens (tertiary/aromatic N) is 4. The van der Waals surface area contributed by atoms with E-state index >= 15 is 0 Å². The number of anilines is 1. The molecule has 180 valence electrons. The van der Waals surface area contributed by atoms with Crippen LogP contribution in [0.5, 0.6) is 0 Å². The zero-order valence-corrected chi connectivity index (χ0v) is 20.0. The lowest BCUT2D eigenvalue weighted by Crippen LogP contribution is -2.30. The first-order chi connectivity index (χ1) is 16.4. The Bertz CT molecular complexity index is 1210. The fourth-order valence-electron chi connectivity index (χ4n) is 5.19. The molecule has 0 radical (unpaired) electrons. The largest absolute Gasteiger partial charge is 0.378 e. The monoisotopic (exact) mass is 464 g/mol. The van der Waals surface area contributed by atoms with Crippen molar-refractivity contribution in [3.8, 4) is 5.82 Å². The van der Waals surface area contributed by atoms with Gasteiger partial charge in [0.05, 0.1) is 17.8 Å². The lowest BCUT2D eigenvalue weighted by atomic mass is 9.90. The van der Waals surface area contributed by atoms with Gasteiger partial charge in [0, 0.05) is 44.0 Å². The van der Waals surface area contributed by atoms with Gasteiger partial charge in [-0.2, -0.15) is 0 Å². The average molecular weight is 465 g/mol. The van der Waals surface area contributed by atoms with Crippen molar-refractivity contribution < 1.29 is 14.3 Å². The summed E-state index contributed by atoms with van der Waals surface area (Å²) in [5.74, 6) is 1.66. The van der Waals surface area contributed by atoms with Crippen LogP contribution in [-0.4, -0.2) is 65.9 Å². The number of piperidine rings is 1. The van der Waals surface area contributed by atoms with E-state index in [4.69, 9.17) is 20.2 Å². The number of carbonyl (C=O) groups excluding carboxylic acids is 1. The summed E-state index contributed by atoms with van der Waals surface area (Å²) in [7, 11) is 3.88. The Kier molecular flexibility index (Phi) is 6.01. The number of fused-ring (bicyclic) bond motifs is 1. The number of hydrogen-bond acceptors (Lipinski definition) is 6. The van der Waals surface area contributed by atoms with Gasteiger partial charge in [0.25, 0.3) is 0 Å². The Morgan fingerprint density at radius 3 is 2.76 bits per heavy atom. The van der Waals surface area contributed by atoms with Crippen molar-refractivity contribution >= 4 is 22.8 Å². The van der Waals surface area contributed by atoms with Crippen LogP contribution in [0.25, 0.3) is 16.7 Å². The smallest absolute Gasteiger partial charge is 0.317 e. The number of ether oxygens (including phenoxy) is 2. The Morgan fingerprint density at radius 1 is 1.29 bits per heavy atom. The second-order valence-electron chi connectivity index (χ2n) is 9.50. The van der Waals surface area contributed by atoms with Gasteiger partial charge in [0.15, 0.2) is 0 Å². The molecular weight excluding hydrogens is 432 g/mol. The average Bonchev–Trinajstić information content (AvgIpc) is 3.44. The van der Waals surface area contributed by atoms with Crippen molar-refractivity contribution in [2.45, 2.75) is 37.7 Å². The molecule has 9 heteroatoms. The molecule has 0 unspecified atom stereocenters. The van der Waals surface area contributed by atoms with E-state index in [2.05, 4.69) is 52.1 Å². The Hall–Kier alpha value is -3.01. The maximum atomic E-state index is 11.5. The standard InChI is InChI=1S/C25H32N6O3/c1-16-10-21(25(33-3)6-9-34-15-25)28-23(11-16)31-14-19(17-4-7-30(2)8-5-17)18-13-27-22(12-20(18)31)29-24(26)32/h10-14,17H,4-9,15H2,1-3H3,(H3,26,27,29,32)/t25-/m0/s1. The van der Waals surface area contributed by atoms with Crippen molar-refractivity contribution in [2.75, 3.05) is 45.8 Å². The van der Waals surface area contributed by atoms with Crippen LogP contribution in [0.3, 0.4) is 0 Å². The molecule has 0 bridgehead atoms. The van der Waals surface area contributed by atoms with Crippen LogP contribution in [0.1, 0.15) is 42.0 Å². The van der Waals surface area contributed by atoms with Gasteiger partial charge in [-0.1, -0.05) is 0 Å². The topological polar surface area (TPSA) is 108 Å². The molecule has 0 spiro atoms. The summed E-state index contributed by atoms with van der Waals surface area (Å²) in [5.41, 5.74) is 8.97. The molecule has 3 aromatic rings. The third kappa shape index (κ3) is 4.15. The molecule has 1 atom stereocenters. The van der Waals surface area contributed by atoms with Gasteiger partial charge in [-0.05, 0) is 69.1 Å². The first-order valence-corrected chi connectivity index (χ1v) is 11.8. The van der Waals surface area contributed by atoms with E-state index in [0.29, 0.717) is 24.9 Å². The summed E-state index contributed by atoms with van der Waals surface area (Å²) in [6.07, 6.45) is 6.97. The minimum atomic E-state index is -0.639. The minimum absolute atomic E-state index is 0.416. The number of aryl methyl sites for hydroxylation is 1. The van der Waals surface area contributed by atoms with E-state index in [1.165, 1.54) is 5.56 Å². The second-order valence-corrected chi connectivity index (χ2v) is 9.50. The van der Waals surface area contributed by atoms with E-state index in [1.54, 1.807) is 7.11 Å². The normalized spacial score (nSPS) is 21.9. The highest BCUT2D eigenvalue weighted by molar-refractivity contribution is 5.92. The van der Waals surface area contributed by atoms with Crippen LogP contribution in [-0.2, 0) is 15.1 Å². The maximum Gasteiger partial charge on any atom is 0.317 e. The molecule has 5 heterocycles. The van der Waals surface area contributed by atoms with Crippen LogP contribution in [0.4, 0.5) is 10.6 Å². The highest BCUT2D eigenvalue weighted by Crippen LogP contribution is 2.37. The van der Waals surface area contributed by atoms with E-state index in [9.17, 15) is 4.79 Å². The summed E-state index contributed by atoms with van der Waals surface area (Å²) in [4.78, 5) is 23.3. The Morgan fingerprint density at radius 2 is 2.09 bits per heavy atom. The van der Waals surface area contributed by atoms with Crippen molar-refractivity contribution in [1.82, 2.24) is 19.4 Å². The van der Waals surface area contributed by atoms with Crippen LogP contribution >= 0.6 is 0 Å². The molecule has 0 aromatic carbocycles. The number of methoxy groups -OCH3 is 1. The number of amides is 2. The molecule has 2 aliphatic heterocycles. The molecule has 2 saturated heterocycles. The van der Waals surface area contributed by atoms with Gasteiger partial charge in [0.1, 0.15) is 17.2 Å². The third-order valence-corrected chi connectivity index (χ3v) is 7.18. The molecule has 2 aliphatic rings. The van der Waals surface area contributed by atoms with Gasteiger partial charge >= 0.3 is 6.03 Å². The van der Waals surface area contributed by atoms with Crippen LogP contribution < -0.4 is 11.1 Å². The molecule has 2 amide bonds. The molecule has 9 nitrogen and oxygen atoms in total. The summed E-state index contributed by atoms with van der Waals surface area (Å²) >= 11 is 0. The Balaban J connectivity index is 1.65. The first-order valence-electron chi connectivity index (χ1n) is 11.8. The summed E-state index contributed by atoms with van der Waals surface area (Å²) in [6, 6.07) is 5.38. The second kappa shape index (κ2) is 8.98. The zero-order valence-electron chi connectivity index (χ0n) is 20.0. The molecule has 2 fully saturated rings. The minimum Gasteiger partial charge on any atom is -0.378 e. The van der Waals surface area contributed by atoms with Crippen LogP contribution in [0.2, 0.25) is 0 Å². The fourth-order valence-corrected chi connectivity index (χ4v) is 5.19. The van der Waals surface area contributed by atoms with Gasteiger partial charge in [-0.3, -0.25) is 5.32 Å². The van der Waals surface area contributed by atoms with E-state index in [0.717, 1.165) is 60.3 Å². The van der Waals surface area contributed by atoms with E-state index in [1.807, 2.05) is 12.3 Å². The quantitative estimate of drug-likeness (QED) is 0.600. The first kappa shape index (κ1) is 22.8. The van der Waals surface area contributed by atoms with Gasteiger partial charge in [-0.15, -0.1) is 0 Å². The highest BCUT2D eigenvalue weighted by atomic mass is 16.5. The summed E-state index contributed by atoms with van der Waals surface area (Å²) < 4.78 is 13.7. The predicted octanol–water partition coefficient (Wildman–Crippen LogP) is 3.29. The van der Waals surface area contributed by atoms with Crippen molar-refractivity contribution in [2.24, 2.45) is 5.73 Å². The number of hydrogen-bond donors (Lipinski definition) is 2. The number of aromatic nitrogens is 3. The number of likely N-dealkylation sites (tertiary alicyclic amines) is 1. The van der Waals surface area contributed by atoms with Crippen molar-refractivity contribution in [3.63, 3.8) is 0 Å². The molecule has 0 aliphatic carbocycles. The number of carbonyl (C=O) groups is 1. The fraction of sp³-hybridized carbons (Fsp3) is 0.480. The van der Waals surface area contributed by atoms with Gasteiger partial charge in [-0.25, -0.2) is 14.8 Å².